The molecule has 0 unspecified atom stereocenters. The second-order valence-electron chi connectivity index (χ2n) is 8.35. The first-order chi connectivity index (χ1) is 14.8. The molecule has 2 aromatic carbocycles. The third-order valence-corrected chi connectivity index (χ3v) is 7.23. The van der Waals surface area contributed by atoms with Crippen LogP contribution < -0.4 is 19.9 Å². The lowest BCUT2D eigenvalue weighted by molar-refractivity contribution is 0.169. The van der Waals surface area contributed by atoms with Crippen LogP contribution >= 0.6 is 23.2 Å². The Balaban J connectivity index is 1.63. The van der Waals surface area contributed by atoms with E-state index >= 15 is 0 Å². The number of fused-ring (bicyclic) bond motifs is 1. The molecule has 0 radical (unpaired) electrons. The van der Waals surface area contributed by atoms with Crippen LogP contribution in [-0.2, 0) is 6.42 Å². The normalized spacial score (nSPS) is 21.2. The zero-order valence-electron chi connectivity index (χ0n) is 18.3. The van der Waals surface area contributed by atoms with Crippen LogP contribution in [0.25, 0.3) is 0 Å². The molecule has 2 aliphatic heterocycles. The van der Waals surface area contributed by atoms with Gasteiger partial charge in [0.25, 0.3) is 0 Å². The van der Waals surface area contributed by atoms with Crippen LogP contribution in [0.4, 0.5) is 21.9 Å². The fourth-order valence-corrected chi connectivity index (χ4v) is 4.76. The van der Waals surface area contributed by atoms with Crippen LogP contribution in [-0.4, -0.2) is 56.8 Å². The predicted octanol–water partition coefficient (Wildman–Crippen LogP) is 5.13. The Morgan fingerprint density at radius 3 is 2.52 bits per heavy atom. The number of benzene rings is 2. The standard InChI is InChI=1S/C23H28Cl2N4O2/c1-14-12-28(13-15(2)27(14)3)20-11-19-16(10-21(20)31-4)8-9-29(19)23(30)26-18-7-5-6-17(24)22(18)25/h5-7,10-11,14-15H,8-9,12-13H2,1-4H3,(H,26,30)/t14-,15+. The molecule has 31 heavy (non-hydrogen) atoms. The highest BCUT2D eigenvalue weighted by Crippen LogP contribution is 2.40. The van der Waals surface area contributed by atoms with E-state index in [0.717, 1.165) is 42.2 Å². The molecule has 0 spiro atoms. The number of nitrogens with zero attached hydrogens (tertiary/aromatic N) is 3. The number of nitrogens with one attached hydrogen (secondary N) is 1. The molecule has 0 aliphatic carbocycles. The smallest absolute Gasteiger partial charge is 0.326 e. The van der Waals surface area contributed by atoms with Crippen molar-refractivity contribution < 1.29 is 9.53 Å². The van der Waals surface area contributed by atoms with Gasteiger partial charge in [-0.05, 0) is 57.1 Å². The largest absolute Gasteiger partial charge is 0.495 e. The van der Waals surface area contributed by atoms with Crippen LogP contribution in [0, 0.1) is 0 Å². The van der Waals surface area contributed by atoms with Gasteiger partial charge >= 0.3 is 6.03 Å². The Labute approximate surface area is 193 Å². The number of methoxy groups -OCH3 is 1. The van der Waals surface area contributed by atoms with Crippen molar-refractivity contribution in [2.75, 3.05) is 48.9 Å². The Bertz CT molecular complexity index is 988. The average molecular weight is 463 g/mol. The van der Waals surface area contributed by atoms with Crippen molar-refractivity contribution in [1.29, 1.82) is 0 Å². The molecule has 1 saturated heterocycles. The van der Waals surface area contributed by atoms with E-state index < -0.39 is 0 Å². The molecular formula is C23H28Cl2N4O2. The molecule has 2 atom stereocenters. The van der Waals surface area contributed by atoms with E-state index in [2.05, 4.69) is 48.1 Å². The highest BCUT2D eigenvalue weighted by molar-refractivity contribution is 6.44. The van der Waals surface area contributed by atoms with Crippen LogP contribution in [0.15, 0.2) is 30.3 Å². The SMILES string of the molecule is COc1cc2c(cc1N1C[C@@H](C)N(C)[C@@H](C)C1)N(C(=O)Nc1cccc(Cl)c1Cl)CC2. The number of hydrogen-bond acceptors (Lipinski definition) is 4. The van der Waals surface area contributed by atoms with Crippen molar-refractivity contribution in [1.82, 2.24) is 4.90 Å². The molecular weight excluding hydrogens is 435 g/mol. The van der Waals surface area contributed by atoms with Gasteiger partial charge in [0, 0.05) is 31.7 Å². The summed E-state index contributed by atoms with van der Waals surface area (Å²) in [5, 5.41) is 3.65. The summed E-state index contributed by atoms with van der Waals surface area (Å²) < 4.78 is 5.73. The number of likely N-dealkylation sites (N-methyl/N-ethyl adjacent to an activating group) is 1. The molecule has 2 aromatic rings. The van der Waals surface area contributed by atoms with Gasteiger partial charge in [0.05, 0.1) is 34.2 Å². The number of carbonyl (C=O) groups is 1. The van der Waals surface area contributed by atoms with Crippen molar-refractivity contribution >= 4 is 46.3 Å². The molecule has 1 N–H and O–H groups in total. The predicted molar refractivity (Wildman–Crippen MR) is 128 cm³/mol. The van der Waals surface area contributed by atoms with E-state index in [1.165, 1.54) is 0 Å². The molecule has 0 aromatic heterocycles. The quantitative estimate of drug-likeness (QED) is 0.686. The number of piperazine rings is 1. The highest BCUT2D eigenvalue weighted by atomic mass is 35.5. The maximum atomic E-state index is 13.1. The molecule has 2 amide bonds. The minimum Gasteiger partial charge on any atom is -0.495 e. The number of carbonyl (C=O) groups excluding carboxylic acids is 1. The minimum absolute atomic E-state index is 0.223. The van der Waals surface area contributed by atoms with Crippen molar-refractivity contribution in [2.24, 2.45) is 0 Å². The lowest BCUT2D eigenvalue weighted by Crippen LogP contribution is -2.55. The first-order valence-corrected chi connectivity index (χ1v) is 11.3. The van der Waals surface area contributed by atoms with Gasteiger partial charge in [-0.3, -0.25) is 9.80 Å². The first kappa shape index (κ1) is 22.1. The molecule has 0 bridgehead atoms. The molecule has 2 aliphatic rings. The number of ether oxygens (including phenoxy) is 1. The summed E-state index contributed by atoms with van der Waals surface area (Å²) >= 11 is 12.3. The zero-order valence-corrected chi connectivity index (χ0v) is 19.8. The minimum atomic E-state index is -0.223. The maximum absolute atomic E-state index is 13.1. The number of anilines is 3. The molecule has 166 valence electrons. The summed E-state index contributed by atoms with van der Waals surface area (Å²) in [7, 11) is 3.87. The third-order valence-electron chi connectivity index (χ3n) is 6.41. The third kappa shape index (κ3) is 4.16. The highest BCUT2D eigenvalue weighted by Gasteiger charge is 2.32. The van der Waals surface area contributed by atoms with Crippen molar-refractivity contribution in [2.45, 2.75) is 32.4 Å². The Morgan fingerprint density at radius 1 is 1.13 bits per heavy atom. The Hall–Kier alpha value is -2.15. The molecule has 1 fully saturated rings. The number of rotatable bonds is 3. The number of urea groups is 1. The Morgan fingerprint density at radius 2 is 1.84 bits per heavy atom. The van der Waals surface area contributed by atoms with Gasteiger partial charge < -0.3 is 15.0 Å². The van der Waals surface area contributed by atoms with Gasteiger partial charge in [-0.15, -0.1) is 0 Å². The van der Waals surface area contributed by atoms with E-state index in [-0.39, 0.29) is 6.03 Å². The summed E-state index contributed by atoms with van der Waals surface area (Å²) in [6.07, 6.45) is 0.776. The Kier molecular flexibility index (Phi) is 6.24. The lowest BCUT2D eigenvalue weighted by atomic mass is 10.1. The zero-order chi connectivity index (χ0) is 22.3. The monoisotopic (exact) mass is 462 g/mol. The van der Waals surface area contributed by atoms with Gasteiger partial charge in [-0.25, -0.2) is 4.79 Å². The summed E-state index contributed by atoms with van der Waals surface area (Å²) in [5.41, 5.74) is 3.53. The molecule has 0 saturated carbocycles. The fraction of sp³-hybridized carbons (Fsp3) is 0.435. The van der Waals surface area contributed by atoms with Gasteiger partial charge in [0.2, 0.25) is 0 Å². The lowest BCUT2D eigenvalue weighted by Gasteiger charge is -2.44. The number of hydrogen-bond donors (Lipinski definition) is 1. The van der Waals surface area contributed by atoms with Gasteiger partial charge in [-0.2, -0.15) is 0 Å². The second-order valence-corrected chi connectivity index (χ2v) is 9.14. The van der Waals surface area contributed by atoms with Crippen molar-refractivity contribution in [3.8, 4) is 5.75 Å². The topological polar surface area (TPSA) is 48.1 Å². The average Bonchev–Trinajstić information content (AvgIpc) is 3.17. The summed E-state index contributed by atoms with van der Waals surface area (Å²) in [5.74, 6) is 0.850. The molecule has 4 rings (SSSR count). The molecule has 2 heterocycles. The van der Waals surface area contributed by atoms with E-state index in [9.17, 15) is 4.79 Å². The van der Waals surface area contributed by atoms with Crippen LogP contribution in [0.2, 0.25) is 10.0 Å². The van der Waals surface area contributed by atoms with Crippen molar-refractivity contribution in [3.05, 3.63) is 45.9 Å². The molecule has 8 heteroatoms. The first-order valence-electron chi connectivity index (χ1n) is 10.5. The van der Waals surface area contributed by atoms with E-state index in [1.54, 1.807) is 30.2 Å². The number of halogens is 2. The van der Waals surface area contributed by atoms with Crippen LogP contribution in [0.1, 0.15) is 19.4 Å². The van der Waals surface area contributed by atoms with E-state index in [1.807, 2.05) is 0 Å². The van der Waals surface area contributed by atoms with E-state index in [0.29, 0.717) is 34.4 Å². The second kappa shape index (κ2) is 8.77. The maximum Gasteiger partial charge on any atom is 0.326 e. The van der Waals surface area contributed by atoms with Gasteiger partial charge in [0.1, 0.15) is 5.75 Å². The van der Waals surface area contributed by atoms with Gasteiger partial charge in [0.15, 0.2) is 0 Å². The fourth-order valence-electron chi connectivity index (χ4n) is 4.41. The van der Waals surface area contributed by atoms with E-state index in [4.69, 9.17) is 27.9 Å². The van der Waals surface area contributed by atoms with Gasteiger partial charge in [-0.1, -0.05) is 29.3 Å². The summed E-state index contributed by atoms with van der Waals surface area (Å²) in [4.78, 5) is 19.6. The van der Waals surface area contributed by atoms with Crippen LogP contribution in [0.5, 0.6) is 5.75 Å². The number of amides is 2. The van der Waals surface area contributed by atoms with Crippen molar-refractivity contribution in [3.63, 3.8) is 0 Å². The molecule has 6 nitrogen and oxygen atoms in total. The van der Waals surface area contributed by atoms with Crippen LogP contribution in [0.3, 0.4) is 0 Å². The summed E-state index contributed by atoms with van der Waals surface area (Å²) in [6, 6.07) is 9.98. The summed E-state index contributed by atoms with van der Waals surface area (Å²) in [6.45, 7) is 6.87.